The molecule has 0 aliphatic carbocycles. The number of hydrogen-bond acceptors (Lipinski definition) is 3. The number of rotatable bonds is 9. The lowest BCUT2D eigenvalue weighted by Crippen LogP contribution is -2.28. The van der Waals surface area contributed by atoms with Crippen molar-refractivity contribution in [1.82, 2.24) is 5.01 Å². The van der Waals surface area contributed by atoms with Crippen LogP contribution in [0, 0.1) is 0 Å². The van der Waals surface area contributed by atoms with Crippen LogP contribution in [0.4, 0.5) is 17.1 Å². The Morgan fingerprint density at radius 2 is 1.02 bits per heavy atom. The summed E-state index contributed by atoms with van der Waals surface area (Å²) in [6.45, 7) is 0.723. The van der Waals surface area contributed by atoms with E-state index in [1.807, 2.05) is 0 Å². The number of hydrazine groups is 1. The van der Waals surface area contributed by atoms with Gasteiger partial charge in [0.15, 0.2) is 0 Å². The maximum atomic E-state index is 3.91. The Kier molecular flexibility index (Phi) is 9.74. The second-order valence-electron chi connectivity index (χ2n) is 17.1. The van der Waals surface area contributed by atoms with Crippen LogP contribution in [0.5, 0.6) is 0 Å². The maximum absolute atomic E-state index is 3.91. The molecule has 12 rings (SSSR count). The second kappa shape index (κ2) is 16.5. The first-order chi connectivity index (χ1) is 32.2. The van der Waals surface area contributed by atoms with Gasteiger partial charge in [-0.15, -0.1) is 0 Å². The van der Waals surface area contributed by atoms with Crippen LogP contribution in [-0.4, -0.2) is 5.01 Å². The molecule has 0 saturated carbocycles. The summed E-state index contributed by atoms with van der Waals surface area (Å²) in [4.78, 5) is 0. The van der Waals surface area contributed by atoms with E-state index in [1.54, 1.807) is 0 Å². The number of anilines is 3. The van der Waals surface area contributed by atoms with Gasteiger partial charge in [0, 0.05) is 29.0 Å². The predicted octanol–water partition coefficient (Wildman–Crippen LogP) is 16.5. The van der Waals surface area contributed by atoms with Gasteiger partial charge in [0.25, 0.3) is 0 Å². The molecule has 0 aromatic heterocycles. The van der Waals surface area contributed by atoms with Crippen molar-refractivity contribution in [3.63, 3.8) is 0 Å². The van der Waals surface area contributed by atoms with Crippen LogP contribution < -0.4 is 10.7 Å². The quantitative estimate of drug-likeness (QED) is 0.152. The van der Waals surface area contributed by atoms with E-state index in [0.29, 0.717) is 0 Å². The minimum atomic E-state index is 0.0371. The van der Waals surface area contributed by atoms with E-state index < -0.39 is 0 Å². The van der Waals surface area contributed by atoms with Crippen molar-refractivity contribution in [3.05, 3.63) is 259 Å². The number of hydrogen-bond donors (Lipinski definition) is 2. The summed E-state index contributed by atoms with van der Waals surface area (Å²) in [5.74, 6) is 0. The molecule has 0 fully saturated rings. The molecule has 2 N–H and O–H groups in total. The van der Waals surface area contributed by atoms with Crippen molar-refractivity contribution in [1.29, 1.82) is 0 Å². The molecule has 1 atom stereocenters. The van der Waals surface area contributed by atoms with Gasteiger partial charge >= 0.3 is 0 Å². The summed E-state index contributed by atoms with van der Waals surface area (Å²) in [6, 6.07) is 88.2. The number of nitrogens with zero attached hydrogens (tertiary/aromatic N) is 1. The van der Waals surface area contributed by atoms with Crippen LogP contribution in [0.3, 0.4) is 0 Å². The van der Waals surface area contributed by atoms with E-state index in [4.69, 9.17) is 0 Å². The molecule has 1 heterocycles. The van der Waals surface area contributed by atoms with Gasteiger partial charge in [0.05, 0.1) is 11.7 Å². The average Bonchev–Trinajstić information content (AvgIpc) is 3.74. The molecule has 1 unspecified atom stereocenters. The first kappa shape index (κ1) is 38.4. The zero-order valence-corrected chi connectivity index (χ0v) is 35.8. The lowest BCUT2D eigenvalue weighted by Gasteiger charge is -2.26. The Morgan fingerprint density at radius 1 is 0.400 bits per heavy atom. The fourth-order valence-corrected chi connectivity index (χ4v) is 10.0. The van der Waals surface area contributed by atoms with E-state index in [1.165, 1.54) is 93.5 Å². The van der Waals surface area contributed by atoms with Gasteiger partial charge < -0.3 is 10.7 Å². The number of benzene rings is 11. The zero-order chi connectivity index (χ0) is 43.1. The van der Waals surface area contributed by atoms with Gasteiger partial charge in [0.2, 0.25) is 0 Å². The summed E-state index contributed by atoms with van der Waals surface area (Å²) in [7, 11) is 0. The van der Waals surface area contributed by atoms with Crippen molar-refractivity contribution < 1.29 is 0 Å². The minimum Gasteiger partial charge on any atom is -0.355 e. The smallest absolute Gasteiger partial charge is 0.0815 e. The molecule has 0 radical (unpaired) electrons. The summed E-state index contributed by atoms with van der Waals surface area (Å²) in [6.07, 6.45) is 0. The Balaban J connectivity index is 0.872. The molecule has 0 bridgehead atoms. The van der Waals surface area contributed by atoms with Crippen molar-refractivity contribution in [2.24, 2.45) is 0 Å². The Labute approximate surface area is 379 Å². The molecular weight excluding hydrogens is 787 g/mol. The highest BCUT2D eigenvalue weighted by Gasteiger charge is 2.32. The monoisotopic (exact) mass is 831 g/mol. The summed E-state index contributed by atoms with van der Waals surface area (Å²) in [5, 5.41) is 13.7. The highest BCUT2D eigenvalue weighted by Crippen LogP contribution is 2.45. The van der Waals surface area contributed by atoms with Gasteiger partial charge in [-0.25, -0.2) is 5.01 Å². The van der Waals surface area contributed by atoms with E-state index in [0.717, 1.165) is 23.6 Å². The van der Waals surface area contributed by atoms with Gasteiger partial charge in [-0.05, 0) is 113 Å². The lowest BCUT2D eigenvalue weighted by atomic mass is 9.89. The molecule has 11 aromatic carbocycles. The van der Waals surface area contributed by atoms with Crippen LogP contribution in [0.25, 0.3) is 76.8 Å². The Bertz CT molecular complexity index is 3520. The summed E-state index contributed by atoms with van der Waals surface area (Å²) >= 11 is 0. The van der Waals surface area contributed by atoms with Crippen molar-refractivity contribution in [2.45, 2.75) is 12.6 Å². The molecule has 65 heavy (non-hydrogen) atoms. The number of fused-ring (bicyclic) bond motifs is 4. The van der Waals surface area contributed by atoms with Gasteiger partial charge in [-0.3, -0.25) is 0 Å². The molecule has 0 spiro atoms. The standard InChI is InChI=1S/C62H45N3/c1-3-15-42(16-4-1)43-29-31-44(32-30-43)47-20-13-22-49(39-47)62-58-27-11-12-28-59(58)64-65(62)41-50-23-14-21-48-40-51(34-35-52(48)50)63-60-38-33-46-19-7-8-24-54(46)61(60)57-37-36-53(45-17-5-2-6-18-45)55-25-9-10-26-56(55)57/h1-40,62-64H,41H2. The highest BCUT2D eigenvalue weighted by atomic mass is 15.5. The molecular formula is C62H45N3. The van der Waals surface area contributed by atoms with E-state index in [9.17, 15) is 0 Å². The van der Waals surface area contributed by atoms with Crippen LogP contribution in [0.1, 0.15) is 22.7 Å². The molecule has 1 aliphatic rings. The first-order valence-corrected chi connectivity index (χ1v) is 22.5. The largest absolute Gasteiger partial charge is 0.355 e. The van der Waals surface area contributed by atoms with E-state index in [2.05, 4.69) is 258 Å². The molecule has 3 nitrogen and oxygen atoms in total. The van der Waals surface area contributed by atoms with Crippen LogP contribution >= 0.6 is 0 Å². The average molecular weight is 832 g/mol. The maximum Gasteiger partial charge on any atom is 0.0815 e. The van der Waals surface area contributed by atoms with Gasteiger partial charge in [0.1, 0.15) is 0 Å². The Hall–Kier alpha value is -8.24. The molecule has 308 valence electrons. The molecule has 0 saturated heterocycles. The summed E-state index contributed by atoms with van der Waals surface area (Å²) < 4.78 is 0. The van der Waals surface area contributed by atoms with Crippen molar-refractivity contribution in [2.75, 3.05) is 10.7 Å². The molecule has 1 aliphatic heterocycles. The van der Waals surface area contributed by atoms with Gasteiger partial charge in [-0.1, -0.05) is 212 Å². The topological polar surface area (TPSA) is 27.3 Å². The van der Waals surface area contributed by atoms with Crippen LogP contribution in [-0.2, 0) is 6.54 Å². The third-order valence-electron chi connectivity index (χ3n) is 13.2. The Morgan fingerprint density at radius 3 is 1.83 bits per heavy atom. The molecule has 3 heteroatoms. The highest BCUT2D eigenvalue weighted by molar-refractivity contribution is 6.13. The van der Waals surface area contributed by atoms with Crippen LogP contribution in [0.15, 0.2) is 243 Å². The number of para-hydroxylation sites is 1. The summed E-state index contributed by atoms with van der Waals surface area (Å²) in [5.41, 5.74) is 20.6. The first-order valence-electron chi connectivity index (χ1n) is 22.5. The fraction of sp³-hybridized carbons (Fsp3) is 0.0323. The van der Waals surface area contributed by atoms with E-state index in [-0.39, 0.29) is 6.04 Å². The fourth-order valence-electron chi connectivity index (χ4n) is 10.0. The third-order valence-corrected chi connectivity index (χ3v) is 13.2. The molecule has 11 aromatic rings. The second-order valence-corrected chi connectivity index (χ2v) is 17.1. The lowest BCUT2D eigenvalue weighted by molar-refractivity contribution is 0.289. The minimum absolute atomic E-state index is 0.0371. The van der Waals surface area contributed by atoms with Crippen LogP contribution in [0.2, 0.25) is 0 Å². The predicted molar refractivity (Wildman–Crippen MR) is 274 cm³/mol. The van der Waals surface area contributed by atoms with Gasteiger partial charge in [-0.2, -0.15) is 0 Å². The SMILES string of the molecule is c1ccc(-c2ccc(-c3cccc(C4c5ccccc5NN4Cc4cccc5cc(Nc6ccc7ccccc7c6-c6ccc(-c7ccccc7)c7ccccc67)ccc45)c3)cc2)cc1. The number of nitrogens with one attached hydrogen (secondary N) is 2. The molecule has 0 amide bonds. The zero-order valence-electron chi connectivity index (χ0n) is 35.8. The normalized spacial score (nSPS) is 13.5. The van der Waals surface area contributed by atoms with E-state index >= 15 is 0 Å². The van der Waals surface area contributed by atoms with Crippen molar-refractivity contribution in [3.8, 4) is 44.5 Å². The van der Waals surface area contributed by atoms with Crippen molar-refractivity contribution >= 4 is 49.4 Å². The third kappa shape index (κ3) is 7.19.